The number of hydrogen-bond donors (Lipinski definition) is 0. The van der Waals surface area contributed by atoms with Gasteiger partial charge in [0, 0.05) is 23.8 Å². The molecule has 30 heavy (non-hydrogen) atoms. The van der Waals surface area contributed by atoms with Crippen molar-refractivity contribution in [2.75, 3.05) is 24.3 Å². The Morgan fingerprint density at radius 1 is 1.27 bits per heavy atom. The molecule has 2 heterocycles. The number of benzene rings is 2. The number of carbonyl (C=O) groups is 2. The van der Waals surface area contributed by atoms with Gasteiger partial charge in [-0.2, -0.15) is 0 Å². The van der Waals surface area contributed by atoms with Crippen LogP contribution in [0.2, 0.25) is 0 Å². The summed E-state index contributed by atoms with van der Waals surface area (Å²) in [6, 6.07) is 11.9. The van der Waals surface area contributed by atoms with E-state index < -0.39 is 4.87 Å². The molecule has 1 aliphatic carbocycles. The lowest BCUT2D eigenvalue weighted by atomic mass is 9.84. The maximum atomic E-state index is 13.9. The van der Waals surface area contributed by atoms with E-state index in [9.17, 15) is 14.0 Å². The van der Waals surface area contributed by atoms with Gasteiger partial charge < -0.3 is 14.5 Å². The van der Waals surface area contributed by atoms with Crippen LogP contribution in [0.15, 0.2) is 42.5 Å². The number of rotatable bonds is 4. The summed E-state index contributed by atoms with van der Waals surface area (Å²) >= 11 is 1.51. The first-order valence-corrected chi connectivity index (χ1v) is 11.2. The molecule has 2 aliphatic heterocycles. The van der Waals surface area contributed by atoms with Crippen molar-refractivity contribution in [3.8, 4) is 5.75 Å². The van der Waals surface area contributed by atoms with E-state index in [2.05, 4.69) is 0 Å². The van der Waals surface area contributed by atoms with E-state index >= 15 is 0 Å². The van der Waals surface area contributed by atoms with Gasteiger partial charge in [0.2, 0.25) is 5.91 Å². The fraction of sp³-hybridized carbons (Fsp3) is 0.391. The van der Waals surface area contributed by atoms with Crippen molar-refractivity contribution in [2.24, 2.45) is 5.92 Å². The van der Waals surface area contributed by atoms with Gasteiger partial charge in [0.05, 0.1) is 19.3 Å². The molecule has 3 aliphatic rings. The fourth-order valence-electron chi connectivity index (χ4n) is 4.59. The quantitative estimate of drug-likeness (QED) is 0.744. The zero-order valence-corrected chi connectivity index (χ0v) is 17.6. The lowest BCUT2D eigenvalue weighted by Crippen LogP contribution is -2.52. The molecular weight excluding hydrogens is 403 g/mol. The number of halogens is 1. The highest BCUT2D eigenvalue weighted by Crippen LogP contribution is 2.56. The van der Waals surface area contributed by atoms with Gasteiger partial charge in [-0.05, 0) is 48.7 Å². The summed E-state index contributed by atoms with van der Waals surface area (Å²) in [5, 5.41) is 0. The van der Waals surface area contributed by atoms with Gasteiger partial charge in [0.25, 0.3) is 5.91 Å². The zero-order valence-electron chi connectivity index (χ0n) is 16.8. The number of methoxy groups -OCH3 is 1. The van der Waals surface area contributed by atoms with E-state index in [0.717, 1.165) is 30.5 Å². The Labute approximate surface area is 179 Å². The highest BCUT2D eigenvalue weighted by atomic mass is 32.2. The average Bonchev–Trinajstić information content (AvgIpc) is 3.24. The molecule has 7 heteroatoms. The third-order valence-corrected chi connectivity index (χ3v) is 7.77. The summed E-state index contributed by atoms with van der Waals surface area (Å²) in [7, 11) is 1.59. The SMILES string of the molecule is COc1ccc2c(c1)[C@@]1(SCCN1C(=O)C1CCC1)C(=O)N2Cc1cccc(F)c1. The normalized spacial score (nSPS) is 23.1. The molecule has 5 rings (SSSR count). The summed E-state index contributed by atoms with van der Waals surface area (Å²) in [6.45, 7) is 0.805. The summed E-state index contributed by atoms with van der Waals surface area (Å²) in [4.78, 5) is 29.6. The zero-order chi connectivity index (χ0) is 20.9. The summed E-state index contributed by atoms with van der Waals surface area (Å²) in [5.41, 5.74) is 2.26. The van der Waals surface area contributed by atoms with E-state index in [0.29, 0.717) is 23.6 Å². The van der Waals surface area contributed by atoms with Gasteiger partial charge in [0.1, 0.15) is 11.6 Å². The van der Waals surface area contributed by atoms with Gasteiger partial charge in [0.15, 0.2) is 4.87 Å². The molecule has 5 nitrogen and oxygen atoms in total. The average molecular weight is 427 g/mol. The number of hydrogen-bond acceptors (Lipinski definition) is 4. The number of anilines is 1. The molecule has 2 aromatic carbocycles. The lowest BCUT2D eigenvalue weighted by molar-refractivity contribution is -0.145. The Kier molecular flexibility index (Phi) is 4.73. The molecule has 2 fully saturated rings. The van der Waals surface area contributed by atoms with E-state index in [4.69, 9.17) is 4.74 Å². The number of thioether (sulfide) groups is 1. The first-order valence-electron chi connectivity index (χ1n) is 10.2. The van der Waals surface area contributed by atoms with Gasteiger partial charge in [-0.15, -0.1) is 11.8 Å². The molecule has 2 aromatic rings. The molecule has 156 valence electrons. The molecule has 1 spiro atoms. The Hall–Kier alpha value is -2.54. The molecule has 0 unspecified atom stereocenters. The molecule has 2 amide bonds. The lowest BCUT2D eigenvalue weighted by Gasteiger charge is -2.37. The van der Waals surface area contributed by atoms with Crippen LogP contribution in [-0.2, 0) is 21.0 Å². The van der Waals surface area contributed by atoms with Crippen molar-refractivity contribution in [2.45, 2.75) is 30.7 Å². The second-order valence-corrected chi connectivity index (χ2v) is 9.30. The minimum atomic E-state index is -1.07. The number of ether oxygens (including phenoxy) is 1. The van der Waals surface area contributed by atoms with Crippen LogP contribution in [0.3, 0.4) is 0 Å². The third kappa shape index (κ3) is 2.82. The van der Waals surface area contributed by atoms with Crippen molar-refractivity contribution >= 4 is 29.3 Å². The predicted octanol–water partition coefficient (Wildman–Crippen LogP) is 3.91. The second kappa shape index (κ2) is 7.30. The maximum Gasteiger partial charge on any atom is 0.268 e. The van der Waals surface area contributed by atoms with Crippen LogP contribution in [0, 0.1) is 11.7 Å². The Balaban J connectivity index is 1.59. The van der Waals surface area contributed by atoms with Gasteiger partial charge in [-0.25, -0.2) is 4.39 Å². The summed E-state index contributed by atoms with van der Waals surface area (Å²) in [5.74, 6) is 0.970. The van der Waals surface area contributed by atoms with Crippen LogP contribution in [0.25, 0.3) is 0 Å². The van der Waals surface area contributed by atoms with Crippen LogP contribution in [0.4, 0.5) is 10.1 Å². The largest absolute Gasteiger partial charge is 0.497 e. The predicted molar refractivity (Wildman–Crippen MR) is 114 cm³/mol. The topological polar surface area (TPSA) is 49.9 Å². The Morgan fingerprint density at radius 2 is 2.10 bits per heavy atom. The molecule has 0 N–H and O–H groups in total. The number of nitrogens with zero attached hydrogens (tertiary/aromatic N) is 2. The second-order valence-electron chi connectivity index (χ2n) is 8.01. The number of amides is 2. The molecule has 1 atom stereocenters. The van der Waals surface area contributed by atoms with Gasteiger partial charge in [-0.1, -0.05) is 18.6 Å². The summed E-state index contributed by atoms with van der Waals surface area (Å²) in [6.07, 6.45) is 2.85. The van der Waals surface area contributed by atoms with Crippen LogP contribution in [0.5, 0.6) is 5.75 Å². The van der Waals surface area contributed by atoms with Gasteiger partial charge in [-0.3, -0.25) is 9.59 Å². The minimum Gasteiger partial charge on any atom is -0.497 e. The van der Waals surface area contributed by atoms with E-state index in [1.807, 2.05) is 24.3 Å². The Morgan fingerprint density at radius 3 is 2.80 bits per heavy atom. The molecule has 1 saturated carbocycles. The number of carbonyl (C=O) groups excluding carboxylic acids is 2. The van der Waals surface area contributed by atoms with Crippen molar-refractivity contribution < 1.29 is 18.7 Å². The van der Waals surface area contributed by atoms with E-state index in [1.54, 1.807) is 23.0 Å². The van der Waals surface area contributed by atoms with Crippen LogP contribution in [-0.4, -0.2) is 36.1 Å². The Bertz CT molecular complexity index is 1030. The van der Waals surface area contributed by atoms with E-state index in [1.165, 1.54) is 23.9 Å². The van der Waals surface area contributed by atoms with Crippen molar-refractivity contribution in [3.63, 3.8) is 0 Å². The van der Waals surface area contributed by atoms with Crippen LogP contribution < -0.4 is 9.64 Å². The molecule has 0 aromatic heterocycles. The summed E-state index contributed by atoms with van der Waals surface area (Å²) < 4.78 is 19.2. The van der Waals surface area contributed by atoms with E-state index in [-0.39, 0.29) is 30.1 Å². The smallest absolute Gasteiger partial charge is 0.268 e. The fourth-order valence-corrected chi connectivity index (χ4v) is 6.05. The maximum absolute atomic E-state index is 13.9. The number of fused-ring (bicyclic) bond motifs is 2. The molecule has 0 radical (unpaired) electrons. The molecular formula is C23H23FN2O3S. The first kappa shape index (κ1) is 19.4. The molecule has 0 bridgehead atoms. The van der Waals surface area contributed by atoms with Crippen LogP contribution >= 0.6 is 11.8 Å². The minimum absolute atomic E-state index is 0.0136. The third-order valence-electron chi connectivity index (χ3n) is 6.35. The van der Waals surface area contributed by atoms with Gasteiger partial charge >= 0.3 is 0 Å². The highest BCUT2D eigenvalue weighted by Gasteiger charge is 2.60. The van der Waals surface area contributed by atoms with Crippen molar-refractivity contribution in [3.05, 3.63) is 59.4 Å². The standard InChI is InChI=1S/C23H23FN2O3S/c1-29-18-8-9-20-19(13-18)23(26(10-11-30-23)21(27)16-5-3-6-16)22(28)25(20)14-15-4-2-7-17(24)12-15/h2,4,7-9,12-13,16H,3,5-6,10-11,14H2,1H3/t23-/m1/s1. The van der Waals surface area contributed by atoms with Crippen molar-refractivity contribution in [1.82, 2.24) is 4.90 Å². The monoisotopic (exact) mass is 426 g/mol. The van der Waals surface area contributed by atoms with Crippen LogP contribution in [0.1, 0.15) is 30.4 Å². The first-order chi connectivity index (χ1) is 14.5. The molecule has 1 saturated heterocycles. The highest BCUT2D eigenvalue weighted by molar-refractivity contribution is 8.01. The van der Waals surface area contributed by atoms with Crippen molar-refractivity contribution in [1.29, 1.82) is 0 Å².